The molecule has 1 fully saturated rings. The lowest BCUT2D eigenvalue weighted by atomic mass is 9.95. The Hall–Kier alpha value is -1.40. The summed E-state index contributed by atoms with van der Waals surface area (Å²) in [7, 11) is -3.64. The van der Waals surface area contributed by atoms with Gasteiger partial charge in [0.2, 0.25) is 10.0 Å². The van der Waals surface area contributed by atoms with Gasteiger partial charge in [0.15, 0.2) is 0 Å². The molecule has 1 aliphatic rings. The molecule has 0 radical (unpaired) electrons. The van der Waals surface area contributed by atoms with Crippen LogP contribution in [0, 0.1) is 40.5 Å². The molecule has 1 aromatic carbocycles. The first-order chi connectivity index (χ1) is 11.6. The number of nitrogens with zero attached hydrogens (tertiary/aromatic N) is 1. The lowest BCUT2D eigenvalue weighted by Gasteiger charge is -2.32. The third-order valence-electron chi connectivity index (χ3n) is 5.53. The fourth-order valence-corrected chi connectivity index (χ4v) is 5.68. The minimum Gasteiger partial charge on any atom is -0.466 e. The van der Waals surface area contributed by atoms with Gasteiger partial charge in [-0.25, -0.2) is 8.42 Å². The molecule has 6 heteroatoms. The zero-order valence-corrected chi connectivity index (χ0v) is 16.9. The van der Waals surface area contributed by atoms with Gasteiger partial charge in [-0.15, -0.1) is 0 Å². The van der Waals surface area contributed by atoms with Gasteiger partial charge >= 0.3 is 5.97 Å². The highest BCUT2D eigenvalue weighted by Crippen LogP contribution is 2.33. The number of carbonyl (C=O) groups is 1. The second-order valence-corrected chi connectivity index (χ2v) is 8.78. The van der Waals surface area contributed by atoms with E-state index in [1.807, 2.05) is 34.6 Å². The fraction of sp³-hybridized carbons (Fsp3) is 0.632. The van der Waals surface area contributed by atoms with Crippen LogP contribution in [0.3, 0.4) is 0 Å². The number of carbonyl (C=O) groups excluding carboxylic acids is 1. The van der Waals surface area contributed by atoms with E-state index in [0.717, 1.165) is 27.8 Å². The smallest absolute Gasteiger partial charge is 0.310 e. The van der Waals surface area contributed by atoms with Gasteiger partial charge in [-0.1, -0.05) is 0 Å². The van der Waals surface area contributed by atoms with Crippen LogP contribution in [0.25, 0.3) is 0 Å². The summed E-state index contributed by atoms with van der Waals surface area (Å²) in [6.45, 7) is 12.4. The Balaban J connectivity index is 2.44. The number of esters is 1. The molecule has 1 saturated heterocycles. The van der Waals surface area contributed by atoms with Crippen molar-refractivity contribution >= 4 is 16.0 Å². The minimum atomic E-state index is -3.64. The van der Waals surface area contributed by atoms with E-state index in [-0.39, 0.29) is 18.4 Å². The Morgan fingerprint density at radius 1 is 1.04 bits per heavy atom. The lowest BCUT2D eigenvalue weighted by Crippen LogP contribution is -2.43. The van der Waals surface area contributed by atoms with Gasteiger partial charge in [0, 0.05) is 13.1 Å². The topological polar surface area (TPSA) is 63.7 Å². The van der Waals surface area contributed by atoms with Crippen molar-refractivity contribution in [3.63, 3.8) is 0 Å². The lowest BCUT2D eigenvalue weighted by molar-refractivity contribution is -0.149. The second kappa shape index (κ2) is 7.46. The number of rotatable bonds is 4. The van der Waals surface area contributed by atoms with Gasteiger partial charge in [-0.2, -0.15) is 4.31 Å². The molecule has 25 heavy (non-hydrogen) atoms. The van der Waals surface area contributed by atoms with Crippen molar-refractivity contribution in [2.75, 3.05) is 19.7 Å². The maximum absolute atomic E-state index is 13.3. The van der Waals surface area contributed by atoms with E-state index in [0.29, 0.717) is 30.9 Å². The van der Waals surface area contributed by atoms with Crippen molar-refractivity contribution in [1.29, 1.82) is 0 Å². The van der Waals surface area contributed by atoms with Crippen molar-refractivity contribution in [2.24, 2.45) is 5.92 Å². The third-order valence-corrected chi connectivity index (χ3v) is 7.67. The standard InChI is InChI=1S/C19H29NO4S/c1-7-24-19(21)17-9-8-10-20(11-17)25(22,23)18-15(5)13(3)12(2)14(4)16(18)6/h17H,7-11H2,1-6H3. The molecule has 1 atom stereocenters. The van der Waals surface area contributed by atoms with Crippen molar-refractivity contribution in [1.82, 2.24) is 4.31 Å². The summed E-state index contributed by atoms with van der Waals surface area (Å²) >= 11 is 0. The fourth-order valence-electron chi connectivity index (χ4n) is 3.59. The van der Waals surface area contributed by atoms with Gasteiger partial charge in [-0.3, -0.25) is 4.79 Å². The predicted octanol–water partition coefficient (Wildman–Crippen LogP) is 3.19. The Morgan fingerprint density at radius 2 is 1.56 bits per heavy atom. The van der Waals surface area contributed by atoms with Crippen molar-refractivity contribution in [2.45, 2.75) is 59.3 Å². The van der Waals surface area contributed by atoms with Crippen molar-refractivity contribution in [3.05, 3.63) is 27.8 Å². The number of hydrogen-bond acceptors (Lipinski definition) is 4. The van der Waals surface area contributed by atoms with Gasteiger partial charge in [0.1, 0.15) is 0 Å². The van der Waals surface area contributed by atoms with Crippen LogP contribution < -0.4 is 0 Å². The summed E-state index contributed by atoms with van der Waals surface area (Å²) in [6.07, 6.45) is 1.35. The van der Waals surface area contributed by atoms with Gasteiger partial charge < -0.3 is 4.74 Å². The molecular formula is C19H29NO4S. The van der Waals surface area contributed by atoms with E-state index in [1.54, 1.807) is 6.92 Å². The highest BCUT2D eigenvalue weighted by atomic mass is 32.2. The van der Waals surface area contributed by atoms with Crippen molar-refractivity contribution in [3.8, 4) is 0 Å². The predicted molar refractivity (Wildman–Crippen MR) is 98.2 cm³/mol. The summed E-state index contributed by atoms with van der Waals surface area (Å²) in [5, 5.41) is 0. The van der Waals surface area contributed by atoms with Gasteiger partial charge in [0.05, 0.1) is 17.4 Å². The van der Waals surface area contributed by atoms with Crippen LogP contribution in [0.1, 0.15) is 47.6 Å². The van der Waals surface area contributed by atoms with Crippen LogP contribution in [0.5, 0.6) is 0 Å². The maximum Gasteiger partial charge on any atom is 0.310 e. The highest BCUT2D eigenvalue weighted by Gasteiger charge is 2.36. The molecule has 1 aromatic rings. The van der Waals surface area contributed by atoms with E-state index >= 15 is 0 Å². The largest absolute Gasteiger partial charge is 0.466 e. The number of piperidine rings is 1. The molecule has 0 aliphatic carbocycles. The minimum absolute atomic E-state index is 0.200. The number of benzene rings is 1. The van der Waals surface area contributed by atoms with Crippen molar-refractivity contribution < 1.29 is 17.9 Å². The summed E-state index contributed by atoms with van der Waals surface area (Å²) in [5.74, 6) is -0.677. The molecule has 0 aromatic heterocycles. The maximum atomic E-state index is 13.3. The van der Waals surface area contributed by atoms with Crippen LogP contribution >= 0.6 is 0 Å². The van der Waals surface area contributed by atoms with Gasteiger partial charge in [0.25, 0.3) is 0 Å². The molecule has 0 N–H and O–H groups in total. The quantitative estimate of drug-likeness (QED) is 0.767. The van der Waals surface area contributed by atoms with Crippen LogP contribution in [-0.2, 0) is 19.6 Å². The molecule has 0 amide bonds. The molecule has 1 unspecified atom stereocenters. The van der Waals surface area contributed by atoms with Crippen LogP contribution in [0.2, 0.25) is 0 Å². The SMILES string of the molecule is CCOC(=O)C1CCCN(S(=O)(=O)c2c(C)c(C)c(C)c(C)c2C)C1. The molecule has 5 nitrogen and oxygen atoms in total. The number of hydrogen-bond donors (Lipinski definition) is 0. The molecule has 2 rings (SSSR count). The van der Waals surface area contributed by atoms with Crippen LogP contribution in [0.4, 0.5) is 0 Å². The average molecular weight is 368 g/mol. The first kappa shape index (κ1) is 19.9. The Bertz CT molecular complexity index is 754. The zero-order chi connectivity index (χ0) is 18.9. The Kier molecular flexibility index (Phi) is 5.94. The summed E-state index contributed by atoms with van der Waals surface area (Å²) < 4.78 is 33.2. The van der Waals surface area contributed by atoms with E-state index in [2.05, 4.69) is 0 Å². The molecule has 0 saturated carbocycles. The summed E-state index contributed by atoms with van der Waals surface area (Å²) in [6, 6.07) is 0. The molecule has 1 heterocycles. The molecule has 140 valence electrons. The average Bonchev–Trinajstić information content (AvgIpc) is 2.58. The molecule has 0 bridgehead atoms. The molecule has 0 spiro atoms. The number of sulfonamides is 1. The highest BCUT2D eigenvalue weighted by molar-refractivity contribution is 7.89. The summed E-state index contributed by atoms with van der Waals surface area (Å²) in [4.78, 5) is 12.5. The van der Waals surface area contributed by atoms with Crippen LogP contribution in [-0.4, -0.2) is 38.4 Å². The first-order valence-corrected chi connectivity index (χ1v) is 10.3. The van der Waals surface area contributed by atoms with Crippen LogP contribution in [0.15, 0.2) is 4.90 Å². The second-order valence-electron chi connectivity index (χ2n) is 6.91. The molecular weight excluding hydrogens is 338 g/mol. The van der Waals surface area contributed by atoms with E-state index in [1.165, 1.54) is 4.31 Å². The van der Waals surface area contributed by atoms with Gasteiger partial charge in [-0.05, 0) is 82.2 Å². The zero-order valence-electron chi connectivity index (χ0n) is 16.1. The Labute approximate surface area is 151 Å². The van der Waals surface area contributed by atoms with E-state index in [9.17, 15) is 13.2 Å². The number of ether oxygens (including phenoxy) is 1. The normalized spacial score (nSPS) is 19.0. The Morgan fingerprint density at radius 3 is 2.08 bits per heavy atom. The first-order valence-electron chi connectivity index (χ1n) is 8.86. The third kappa shape index (κ3) is 3.60. The van der Waals surface area contributed by atoms with E-state index in [4.69, 9.17) is 4.74 Å². The van der Waals surface area contributed by atoms with E-state index < -0.39 is 10.0 Å². The monoisotopic (exact) mass is 367 g/mol. The summed E-state index contributed by atoms with van der Waals surface area (Å²) in [5.41, 5.74) is 4.77. The molecule has 1 aliphatic heterocycles.